The summed E-state index contributed by atoms with van der Waals surface area (Å²) in [5.74, 6) is -0.389. The predicted octanol–water partition coefficient (Wildman–Crippen LogP) is 6.51. The van der Waals surface area contributed by atoms with Crippen molar-refractivity contribution in [3.8, 4) is 22.5 Å². The number of aliphatic hydroxyl groups is 1. The third kappa shape index (κ3) is 6.88. The van der Waals surface area contributed by atoms with Gasteiger partial charge in [-0.2, -0.15) is 0 Å². The lowest BCUT2D eigenvalue weighted by molar-refractivity contribution is -0.141. The number of furan rings is 1. The number of aromatic nitrogens is 3. The number of benzene rings is 2. The number of nitrogens with one attached hydrogen (secondary N) is 1. The van der Waals surface area contributed by atoms with E-state index in [9.17, 15) is 15.0 Å². The standard InChI is InChI=1S/C42H44FN7O4/c1-25-31(32-7-5-9-36(26(32)2)47-40-38-28(10-13-45-40)18-27(20-46-38)21-49-15-12-30(51)23-49)6-4-8-33(25)37-19-34-39(54-37)35(43)24-50(41(34)44-3)17-16-48-14-11-29(22-48)42(52)53/h4-10,13,18-20,24,29-30,51H,11-12,14-17,21-23H2,1-3H3,(H,45,47)(H,52,53)/b44-41-/t29-,30-/m1/s1. The molecule has 8 rings (SSSR count). The molecule has 12 heteroatoms. The van der Waals surface area contributed by atoms with Crippen molar-refractivity contribution in [2.24, 2.45) is 10.9 Å². The van der Waals surface area contributed by atoms with Gasteiger partial charge in [-0.1, -0.05) is 30.3 Å². The van der Waals surface area contributed by atoms with E-state index < -0.39 is 11.8 Å². The van der Waals surface area contributed by atoms with Crippen LogP contribution < -0.4 is 10.8 Å². The van der Waals surface area contributed by atoms with Crippen LogP contribution in [0.5, 0.6) is 0 Å². The highest BCUT2D eigenvalue weighted by Crippen LogP contribution is 2.38. The van der Waals surface area contributed by atoms with E-state index in [0.717, 1.165) is 69.5 Å². The number of carbonyl (C=O) groups is 1. The van der Waals surface area contributed by atoms with Gasteiger partial charge in [-0.15, -0.1) is 0 Å². The molecule has 0 spiro atoms. The zero-order valence-electron chi connectivity index (χ0n) is 30.7. The second-order valence-corrected chi connectivity index (χ2v) is 14.5. The van der Waals surface area contributed by atoms with E-state index >= 15 is 4.39 Å². The van der Waals surface area contributed by atoms with E-state index in [0.29, 0.717) is 61.6 Å². The van der Waals surface area contributed by atoms with E-state index in [-0.39, 0.29) is 17.6 Å². The summed E-state index contributed by atoms with van der Waals surface area (Å²) < 4.78 is 23.6. The van der Waals surface area contributed by atoms with Crippen molar-refractivity contribution in [2.45, 2.75) is 45.9 Å². The zero-order valence-corrected chi connectivity index (χ0v) is 30.7. The maximum Gasteiger partial charge on any atom is 0.307 e. The number of aliphatic carboxylic acids is 1. The zero-order chi connectivity index (χ0) is 37.5. The maximum atomic E-state index is 15.6. The molecule has 4 aromatic heterocycles. The van der Waals surface area contributed by atoms with Gasteiger partial charge in [0, 0.05) is 81.5 Å². The molecule has 0 radical (unpaired) electrons. The average molecular weight is 730 g/mol. The Balaban J connectivity index is 1.06. The van der Waals surface area contributed by atoms with Gasteiger partial charge in [0.05, 0.1) is 17.4 Å². The molecule has 2 aliphatic rings. The summed E-state index contributed by atoms with van der Waals surface area (Å²) in [5.41, 5.74) is 8.50. The lowest BCUT2D eigenvalue weighted by atomic mass is 9.92. The number of aliphatic hydroxyl groups excluding tert-OH is 1. The number of carboxylic acid groups (broad SMARTS) is 1. The highest BCUT2D eigenvalue weighted by molar-refractivity contribution is 5.91. The van der Waals surface area contributed by atoms with E-state index in [1.807, 2.05) is 42.6 Å². The molecule has 278 valence electrons. The number of anilines is 2. The minimum Gasteiger partial charge on any atom is -0.481 e. The van der Waals surface area contributed by atoms with Gasteiger partial charge in [-0.25, -0.2) is 9.37 Å². The molecule has 2 saturated heterocycles. The minimum absolute atomic E-state index is 0.152. The van der Waals surface area contributed by atoms with Gasteiger partial charge in [0.25, 0.3) is 0 Å². The van der Waals surface area contributed by atoms with Crippen molar-refractivity contribution in [3.05, 3.63) is 101 Å². The summed E-state index contributed by atoms with van der Waals surface area (Å²) in [6.07, 6.45) is 6.28. The fourth-order valence-corrected chi connectivity index (χ4v) is 8.07. The number of nitrogens with zero attached hydrogens (tertiary/aromatic N) is 6. The number of halogens is 1. The van der Waals surface area contributed by atoms with Gasteiger partial charge in [0.1, 0.15) is 16.8 Å². The van der Waals surface area contributed by atoms with Crippen molar-refractivity contribution in [1.29, 1.82) is 0 Å². The fraction of sp³-hybridized carbons (Fsp3) is 0.333. The lowest BCUT2D eigenvalue weighted by Gasteiger charge is -2.17. The molecular formula is C42H44FN7O4. The minimum atomic E-state index is -0.770. The molecule has 2 aromatic carbocycles. The number of pyridine rings is 3. The topological polar surface area (TPSA) is 132 Å². The summed E-state index contributed by atoms with van der Waals surface area (Å²) >= 11 is 0. The van der Waals surface area contributed by atoms with Crippen molar-refractivity contribution in [3.63, 3.8) is 0 Å². The predicted molar refractivity (Wildman–Crippen MR) is 207 cm³/mol. The Hall–Kier alpha value is -5.43. The number of rotatable bonds is 10. The molecule has 2 fully saturated rings. The molecule has 54 heavy (non-hydrogen) atoms. The van der Waals surface area contributed by atoms with Crippen molar-refractivity contribution in [2.75, 3.05) is 45.1 Å². The molecule has 6 aromatic rings. The molecule has 3 N–H and O–H groups in total. The lowest BCUT2D eigenvalue weighted by Crippen LogP contribution is -2.31. The van der Waals surface area contributed by atoms with Crippen molar-refractivity contribution in [1.82, 2.24) is 24.3 Å². The van der Waals surface area contributed by atoms with E-state index in [1.54, 1.807) is 17.8 Å². The Kier molecular flexibility index (Phi) is 9.74. The van der Waals surface area contributed by atoms with Crippen LogP contribution in [0.2, 0.25) is 0 Å². The van der Waals surface area contributed by atoms with Crippen LogP contribution in [-0.2, 0) is 17.9 Å². The molecule has 0 unspecified atom stereocenters. The summed E-state index contributed by atoms with van der Waals surface area (Å²) in [6.45, 7) is 8.72. The Morgan fingerprint density at radius 3 is 2.52 bits per heavy atom. The van der Waals surface area contributed by atoms with Gasteiger partial charge in [-0.05, 0) is 85.3 Å². The molecular weight excluding hydrogens is 686 g/mol. The first-order chi connectivity index (χ1) is 26.2. The van der Waals surface area contributed by atoms with Gasteiger partial charge in [0.15, 0.2) is 17.2 Å². The van der Waals surface area contributed by atoms with E-state index in [1.165, 1.54) is 6.20 Å². The Labute approximate surface area is 312 Å². The summed E-state index contributed by atoms with van der Waals surface area (Å²) in [6, 6.07) is 18.2. The fourth-order valence-electron chi connectivity index (χ4n) is 8.07. The number of β-amino-alcohol motifs (C(OH)–C–C–N with tert-alkyl or cyclic N) is 1. The van der Waals surface area contributed by atoms with Crippen LogP contribution >= 0.6 is 0 Å². The van der Waals surface area contributed by atoms with E-state index in [2.05, 4.69) is 57.1 Å². The van der Waals surface area contributed by atoms with Crippen LogP contribution in [0.1, 0.15) is 29.5 Å². The number of fused-ring (bicyclic) bond motifs is 2. The van der Waals surface area contributed by atoms with Crippen molar-refractivity contribution < 1.29 is 23.8 Å². The van der Waals surface area contributed by atoms with Gasteiger partial charge in [-0.3, -0.25) is 19.7 Å². The quantitative estimate of drug-likeness (QED) is 0.144. The van der Waals surface area contributed by atoms with Crippen LogP contribution in [0.25, 0.3) is 44.3 Å². The molecule has 0 amide bonds. The normalized spacial score (nSPS) is 18.4. The third-order valence-electron chi connectivity index (χ3n) is 11.0. The average Bonchev–Trinajstić information content (AvgIpc) is 3.93. The SMILES string of the molecule is C/N=c1/c2cc(-c3cccc(-c4cccc(Nc5nccc6cc(CN7CC[C@@H](O)C7)cnc56)c4C)c3C)oc2c(F)cn1CCN1CC[C@@H](C(=O)O)C1. The number of hydrogen-bond acceptors (Lipinski definition) is 9. The number of hydrogen-bond donors (Lipinski definition) is 3. The molecule has 11 nitrogen and oxygen atoms in total. The summed E-state index contributed by atoms with van der Waals surface area (Å²) in [4.78, 5) is 29.8. The van der Waals surface area contributed by atoms with Crippen LogP contribution in [0.15, 0.2) is 82.6 Å². The number of carboxylic acids is 1. The van der Waals surface area contributed by atoms with Gasteiger partial charge >= 0.3 is 5.97 Å². The van der Waals surface area contributed by atoms with Crippen LogP contribution in [0.3, 0.4) is 0 Å². The summed E-state index contributed by atoms with van der Waals surface area (Å²) in [5, 5.41) is 24.4. The maximum absolute atomic E-state index is 15.6. The molecule has 0 bridgehead atoms. The van der Waals surface area contributed by atoms with Crippen molar-refractivity contribution >= 4 is 39.3 Å². The Morgan fingerprint density at radius 1 is 0.981 bits per heavy atom. The highest BCUT2D eigenvalue weighted by atomic mass is 19.1. The van der Waals surface area contributed by atoms with Gasteiger partial charge < -0.3 is 29.4 Å². The Morgan fingerprint density at radius 2 is 1.76 bits per heavy atom. The number of likely N-dealkylation sites (tertiary alicyclic amines) is 2. The molecule has 2 atom stereocenters. The molecule has 6 heterocycles. The third-order valence-corrected chi connectivity index (χ3v) is 11.0. The van der Waals surface area contributed by atoms with Gasteiger partial charge in [0.2, 0.25) is 0 Å². The second kappa shape index (κ2) is 14.8. The second-order valence-electron chi connectivity index (χ2n) is 14.5. The molecule has 0 saturated carbocycles. The first kappa shape index (κ1) is 35.6. The smallest absolute Gasteiger partial charge is 0.307 e. The first-order valence-corrected chi connectivity index (χ1v) is 18.5. The molecule has 2 aliphatic heterocycles. The monoisotopic (exact) mass is 729 g/mol. The molecule has 0 aliphatic carbocycles. The van der Waals surface area contributed by atoms with Crippen LogP contribution in [0.4, 0.5) is 15.9 Å². The largest absolute Gasteiger partial charge is 0.481 e. The first-order valence-electron chi connectivity index (χ1n) is 18.5. The summed E-state index contributed by atoms with van der Waals surface area (Å²) in [7, 11) is 1.69. The van der Waals surface area contributed by atoms with Crippen LogP contribution in [-0.4, -0.2) is 86.4 Å². The highest BCUT2D eigenvalue weighted by Gasteiger charge is 2.28. The van der Waals surface area contributed by atoms with Crippen LogP contribution in [0, 0.1) is 25.6 Å². The Bertz CT molecular complexity index is 2460. The van der Waals surface area contributed by atoms with E-state index in [4.69, 9.17) is 9.40 Å².